The average molecular weight is 205 g/mol. The summed E-state index contributed by atoms with van der Waals surface area (Å²) < 4.78 is 0. The van der Waals surface area contributed by atoms with Crippen LogP contribution in [0.2, 0.25) is 5.31 Å². The summed E-state index contributed by atoms with van der Waals surface area (Å²) in [5, 5.41) is 0.343. The van der Waals surface area contributed by atoms with E-state index in [-0.39, 0.29) is 0 Å². The van der Waals surface area contributed by atoms with Gasteiger partial charge in [0, 0.05) is 0 Å². The first-order valence-electron chi connectivity index (χ1n) is 5.20. The largest absolute Gasteiger partial charge is 0.204 e. The highest BCUT2D eigenvalue weighted by molar-refractivity contribution is 8.22. The lowest BCUT2D eigenvalue weighted by molar-refractivity contribution is 0.598. The molecule has 14 heavy (non-hydrogen) atoms. The Balaban J connectivity index is 2.40. The van der Waals surface area contributed by atoms with Gasteiger partial charge < -0.3 is 0 Å². The third-order valence-corrected chi connectivity index (χ3v) is 3.45. The topological polar surface area (TPSA) is 0 Å². The zero-order chi connectivity index (χ0) is 10.4. The molecule has 0 amide bonds. The van der Waals surface area contributed by atoms with Crippen molar-refractivity contribution in [3.05, 3.63) is 30.3 Å². The molecule has 0 unspecified atom stereocenters. The summed E-state index contributed by atoms with van der Waals surface area (Å²) >= 11 is 1.84. The van der Waals surface area contributed by atoms with Crippen molar-refractivity contribution in [1.82, 2.24) is 0 Å². The summed E-state index contributed by atoms with van der Waals surface area (Å²) in [7, 11) is 0. The lowest BCUT2D eigenvalue weighted by atomic mass is 9.68. The van der Waals surface area contributed by atoms with E-state index >= 15 is 0 Å². The quantitative estimate of drug-likeness (QED) is 0.642. The minimum absolute atomic E-state index is 0.343. The van der Waals surface area contributed by atoms with Crippen molar-refractivity contribution in [2.75, 3.05) is 0 Å². The fourth-order valence-corrected chi connectivity index (χ4v) is 2.32. The molecule has 0 heterocycles. The monoisotopic (exact) mass is 205 g/mol. The van der Waals surface area contributed by atoms with E-state index < -0.39 is 0 Å². The van der Waals surface area contributed by atoms with Gasteiger partial charge in [-0.15, -0.1) is 0 Å². The molecule has 0 saturated carbocycles. The maximum atomic E-state index is 2.35. The van der Waals surface area contributed by atoms with Crippen LogP contribution in [0.1, 0.15) is 33.6 Å². The summed E-state index contributed by atoms with van der Waals surface area (Å²) in [6, 6.07) is 10.5. The lowest BCUT2D eigenvalue weighted by Crippen LogP contribution is -2.09. The van der Waals surface area contributed by atoms with Gasteiger partial charge in [-0.1, -0.05) is 57.1 Å². The van der Waals surface area contributed by atoms with Crippen molar-refractivity contribution in [2.45, 2.75) is 43.8 Å². The van der Waals surface area contributed by atoms with Gasteiger partial charge in [-0.25, -0.2) is 0 Å². The van der Waals surface area contributed by atoms with E-state index in [1.807, 2.05) is 11.6 Å². The Kier molecular flexibility index (Phi) is 4.60. The second-order valence-corrected chi connectivity index (χ2v) is 5.23. The Hall–Kier alpha value is -0.365. The summed E-state index contributed by atoms with van der Waals surface area (Å²) in [4.78, 5) is 1.33. The van der Waals surface area contributed by atoms with E-state index in [2.05, 4.69) is 57.7 Å². The second kappa shape index (κ2) is 5.50. The van der Waals surface area contributed by atoms with Gasteiger partial charge in [0.15, 0.2) is 0 Å². The molecule has 0 aliphatic rings. The molecule has 0 bridgehead atoms. The van der Waals surface area contributed by atoms with E-state index in [0.717, 1.165) is 0 Å². The molecule has 0 N–H and O–H groups in total. The van der Waals surface area contributed by atoms with Crippen LogP contribution < -0.4 is 0 Å². The third-order valence-electron chi connectivity index (χ3n) is 2.15. The molecule has 0 aliphatic carbocycles. The van der Waals surface area contributed by atoms with Crippen molar-refractivity contribution in [3.8, 4) is 0 Å². The van der Waals surface area contributed by atoms with Crippen molar-refractivity contribution >= 4 is 18.2 Å². The first-order chi connectivity index (χ1) is 6.64. The van der Waals surface area contributed by atoms with E-state index in [4.69, 9.17) is 0 Å². The van der Waals surface area contributed by atoms with Crippen molar-refractivity contribution in [1.29, 1.82) is 0 Å². The van der Waals surface area contributed by atoms with Crippen molar-refractivity contribution in [3.63, 3.8) is 0 Å². The van der Waals surface area contributed by atoms with Gasteiger partial charge in [-0.2, -0.15) is 11.6 Å². The Morgan fingerprint density at radius 1 is 1.21 bits per heavy atom. The maximum Gasteiger partial charge on any atom is 0.204 e. The molecule has 0 saturated heterocycles. The Morgan fingerprint density at radius 2 is 1.86 bits per heavy atom. The first kappa shape index (κ1) is 11.7. The second-order valence-electron chi connectivity index (χ2n) is 4.29. The highest BCUT2D eigenvalue weighted by Gasteiger charge is 2.18. The van der Waals surface area contributed by atoms with Gasteiger partial charge in [0.1, 0.15) is 0 Å². The Morgan fingerprint density at radius 3 is 2.43 bits per heavy atom. The zero-order valence-electron chi connectivity index (χ0n) is 9.29. The molecule has 1 radical (unpaired) electrons. The Labute approximate surface area is 92.6 Å². The molecule has 0 fully saturated rings. The van der Waals surface area contributed by atoms with Crippen LogP contribution in [0.4, 0.5) is 0 Å². The molecule has 1 aromatic rings. The fourth-order valence-electron chi connectivity index (χ4n) is 1.43. The molecule has 75 valence electrons. The van der Waals surface area contributed by atoms with E-state index in [0.29, 0.717) is 5.31 Å². The van der Waals surface area contributed by atoms with Crippen molar-refractivity contribution in [2.24, 2.45) is 0 Å². The molecule has 2 heteroatoms. The van der Waals surface area contributed by atoms with Crippen LogP contribution in [0.5, 0.6) is 0 Å². The molecule has 1 aromatic carbocycles. The highest BCUT2D eigenvalue weighted by Crippen LogP contribution is 2.34. The summed E-state index contributed by atoms with van der Waals surface area (Å²) in [5.41, 5.74) is 0. The maximum absolute atomic E-state index is 2.35. The number of hydrogen-bond acceptors (Lipinski definition) is 1. The Bertz CT molecular complexity index is 256. The molecule has 1 rings (SSSR count). The van der Waals surface area contributed by atoms with E-state index in [1.54, 1.807) is 0 Å². The molecule has 0 spiro atoms. The zero-order valence-corrected chi connectivity index (χ0v) is 10.1. The average Bonchev–Trinajstić information content (AvgIpc) is 2.17. The predicted molar refractivity (Wildman–Crippen MR) is 67.0 cm³/mol. The summed E-state index contributed by atoms with van der Waals surface area (Å²) in [5.74, 6) is 0. The van der Waals surface area contributed by atoms with E-state index in [9.17, 15) is 0 Å². The normalized spacial score (nSPS) is 11.4. The standard InChI is InChI=1S/C12H18BS/c1-4-10-12(2,3)13-14-11-8-6-5-7-9-11/h5-9H,4,10H2,1-3H3. The fraction of sp³-hybridized carbons (Fsp3) is 0.500. The van der Waals surface area contributed by atoms with Crippen LogP contribution in [0.3, 0.4) is 0 Å². The molecule has 0 aliphatic heterocycles. The molecule has 0 aromatic heterocycles. The van der Waals surface area contributed by atoms with Crippen LogP contribution in [0.15, 0.2) is 35.2 Å². The third kappa shape index (κ3) is 4.23. The van der Waals surface area contributed by atoms with Crippen LogP contribution in [-0.4, -0.2) is 6.56 Å². The molecular formula is C12H18BS. The van der Waals surface area contributed by atoms with Gasteiger partial charge in [-0.3, -0.25) is 0 Å². The van der Waals surface area contributed by atoms with Gasteiger partial charge in [0.05, 0.1) is 0 Å². The van der Waals surface area contributed by atoms with Gasteiger partial charge in [0.25, 0.3) is 0 Å². The SMILES string of the molecule is CCCC(C)(C)[B]Sc1ccccc1. The minimum Gasteiger partial charge on any atom is -0.184 e. The predicted octanol–water partition coefficient (Wildman–Crippen LogP) is 4.40. The molecule has 0 atom stereocenters. The molecule has 0 nitrogen and oxygen atoms in total. The van der Waals surface area contributed by atoms with E-state index in [1.165, 1.54) is 17.7 Å². The highest BCUT2D eigenvalue weighted by atomic mass is 32.2. The van der Waals surface area contributed by atoms with Gasteiger partial charge >= 0.3 is 0 Å². The lowest BCUT2D eigenvalue weighted by Gasteiger charge is -2.21. The number of hydrogen-bond donors (Lipinski definition) is 0. The first-order valence-corrected chi connectivity index (χ1v) is 6.08. The molecular weight excluding hydrogens is 187 g/mol. The van der Waals surface area contributed by atoms with Crippen LogP contribution >= 0.6 is 11.6 Å². The number of benzene rings is 1. The summed E-state index contributed by atoms with van der Waals surface area (Å²) in [6.45, 7) is 9.19. The van der Waals surface area contributed by atoms with Crippen LogP contribution in [-0.2, 0) is 0 Å². The number of rotatable bonds is 5. The van der Waals surface area contributed by atoms with Gasteiger partial charge in [0.2, 0.25) is 6.56 Å². The van der Waals surface area contributed by atoms with Crippen LogP contribution in [0.25, 0.3) is 0 Å². The van der Waals surface area contributed by atoms with Gasteiger partial charge in [-0.05, 0) is 17.0 Å². The summed E-state index contributed by atoms with van der Waals surface area (Å²) in [6.07, 6.45) is 2.51. The smallest absolute Gasteiger partial charge is 0.184 e. The van der Waals surface area contributed by atoms with Crippen LogP contribution in [0, 0.1) is 0 Å². The van der Waals surface area contributed by atoms with Crippen molar-refractivity contribution < 1.29 is 0 Å². The minimum atomic E-state index is 0.343.